The number of carboxylic acids is 1. The molecule has 1 aromatic heterocycles. The summed E-state index contributed by atoms with van der Waals surface area (Å²) in [6, 6.07) is 10.5. The highest BCUT2D eigenvalue weighted by molar-refractivity contribution is 6.04. The van der Waals surface area contributed by atoms with Gasteiger partial charge in [0, 0.05) is 23.4 Å². The fraction of sp³-hybridized carbons (Fsp3) is 0.333. The number of phenols is 1. The molecule has 3 heterocycles. The molecule has 1 saturated heterocycles. The number of aromatic hydroxyl groups is 1. The van der Waals surface area contributed by atoms with Gasteiger partial charge in [-0.2, -0.15) is 0 Å². The van der Waals surface area contributed by atoms with Crippen LogP contribution in [0.4, 0.5) is 0 Å². The van der Waals surface area contributed by atoms with Gasteiger partial charge in [0.15, 0.2) is 17.6 Å². The molecule has 1 fully saturated rings. The molecule has 0 saturated carbocycles. The Morgan fingerprint density at radius 3 is 2.90 bits per heavy atom. The quantitative estimate of drug-likeness (QED) is 0.481. The van der Waals surface area contributed by atoms with Gasteiger partial charge in [-0.3, -0.25) is 0 Å². The molecule has 4 atom stereocenters. The van der Waals surface area contributed by atoms with Crippen LogP contribution in [0.1, 0.15) is 45.3 Å². The SMILES string of the molecule is O=C(O)c1c2c(nc3ccccc13)C1Oc3c(O)ccc4c3[C@@]13CCN[C@H](C4)C3(O)C2. The second kappa shape index (κ2) is 5.36. The van der Waals surface area contributed by atoms with E-state index in [0.29, 0.717) is 47.3 Å². The van der Waals surface area contributed by atoms with E-state index in [9.17, 15) is 20.1 Å². The Kier molecular flexibility index (Phi) is 3.03. The number of ether oxygens (including phenoxy) is 1. The number of pyridine rings is 1. The van der Waals surface area contributed by atoms with Crippen LogP contribution in [-0.2, 0) is 18.3 Å². The van der Waals surface area contributed by atoms with Crippen LogP contribution in [-0.4, -0.2) is 44.5 Å². The maximum absolute atomic E-state index is 12.4. The molecule has 4 N–H and O–H groups in total. The van der Waals surface area contributed by atoms with Crippen molar-refractivity contribution in [3.63, 3.8) is 0 Å². The maximum Gasteiger partial charge on any atom is 0.336 e. The number of benzene rings is 2. The van der Waals surface area contributed by atoms with Crippen molar-refractivity contribution in [2.45, 2.75) is 42.4 Å². The van der Waals surface area contributed by atoms with Gasteiger partial charge in [-0.25, -0.2) is 9.78 Å². The number of phenolic OH excluding ortho intramolecular Hbond substituents is 1. The largest absolute Gasteiger partial charge is 0.504 e. The van der Waals surface area contributed by atoms with Crippen LogP contribution >= 0.6 is 0 Å². The van der Waals surface area contributed by atoms with Crippen molar-refractivity contribution >= 4 is 16.9 Å². The lowest BCUT2D eigenvalue weighted by Gasteiger charge is -2.60. The fourth-order valence-corrected chi connectivity index (χ4v) is 6.79. The minimum atomic E-state index is -1.25. The fourth-order valence-electron chi connectivity index (χ4n) is 6.79. The second-order valence-corrected chi connectivity index (χ2v) is 9.15. The first-order valence-electron chi connectivity index (χ1n) is 10.6. The number of nitrogens with zero attached hydrogens (tertiary/aromatic N) is 1. The van der Waals surface area contributed by atoms with Crippen molar-refractivity contribution in [2.24, 2.45) is 0 Å². The molecule has 0 radical (unpaired) electrons. The van der Waals surface area contributed by atoms with E-state index in [4.69, 9.17) is 9.72 Å². The maximum atomic E-state index is 12.4. The highest BCUT2D eigenvalue weighted by atomic mass is 16.5. The summed E-state index contributed by atoms with van der Waals surface area (Å²) < 4.78 is 6.39. The van der Waals surface area contributed by atoms with E-state index < -0.39 is 23.1 Å². The molecule has 4 aliphatic rings. The molecule has 0 amide bonds. The van der Waals surface area contributed by atoms with Crippen molar-refractivity contribution in [3.8, 4) is 11.5 Å². The number of fused-ring (bicyclic) bond motifs is 3. The van der Waals surface area contributed by atoms with Gasteiger partial charge in [0.25, 0.3) is 0 Å². The van der Waals surface area contributed by atoms with Crippen LogP contribution in [0.2, 0.25) is 0 Å². The topological polar surface area (TPSA) is 112 Å². The van der Waals surface area contributed by atoms with E-state index in [1.165, 1.54) is 0 Å². The zero-order valence-electron chi connectivity index (χ0n) is 16.6. The minimum Gasteiger partial charge on any atom is -0.504 e. The van der Waals surface area contributed by atoms with Gasteiger partial charge in [-0.15, -0.1) is 0 Å². The van der Waals surface area contributed by atoms with Crippen LogP contribution in [0, 0.1) is 0 Å². The predicted octanol–water partition coefficient (Wildman–Crippen LogP) is 2.22. The summed E-state index contributed by atoms with van der Waals surface area (Å²) in [4.78, 5) is 17.3. The third kappa shape index (κ3) is 1.80. The van der Waals surface area contributed by atoms with Gasteiger partial charge >= 0.3 is 5.97 Å². The Morgan fingerprint density at radius 1 is 1.23 bits per heavy atom. The monoisotopic (exact) mass is 416 g/mol. The molecule has 2 aliphatic heterocycles. The Hall–Kier alpha value is -3.16. The number of aromatic nitrogens is 1. The lowest BCUT2D eigenvalue weighted by Crippen LogP contribution is -2.74. The molecule has 3 aromatic rings. The Balaban J connectivity index is 1.62. The highest BCUT2D eigenvalue weighted by Gasteiger charge is 2.71. The number of rotatable bonds is 1. The third-order valence-electron chi connectivity index (χ3n) is 7.97. The number of carbonyl (C=O) groups is 1. The standard InChI is InChI=1S/C24H20N2O5/c27-15-6-5-11-9-16-24(30)10-13-17(22(28)29)12-3-1-2-4-14(12)26-19(13)21-23(24,7-8-25-16)18(11)20(15)31-21/h1-6,16,21,25,27,30H,7-10H2,(H,28,29)/t16-,21?,23+,24?/m1/s1. The normalized spacial score (nSPS) is 31.6. The summed E-state index contributed by atoms with van der Waals surface area (Å²) in [5.41, 5.74) is 1.76. The first-order valence-corrected chi connectivity index (χ1v) is 10.6. The summed E-state index contributed by atoms with van der Waals surface area (Å²) >= 11 is 0. The zero-order valence-corrected chi connectivity index (χ0v) is 16.6. The van der Waals surface area contributed by atoms with Crippen molar-refractivity contribution in [1.29, 1.82) is 0 Å². The van der Waals surface area contributed by atoms with Crippen LogP contribution in [0.25, 0.3) is 10.9 Å². The number of nitrogens with one attached hydrogen (secondary N) is 1. The molecule has 2 unspecified atom stereocenters. The second-order valence-electron chi connectivity index (χ2n) is 9.15. The number of piperidine rings is 1. The molecule has 2 aromatic carbocycles. The Bertz CT molecular complexity index is 1340. The number of hydrogen-bond donors (Lipinski definition) is 4. The van der Waals surface area contributed by atoms with Gasteiger partial charge in [0.05, 0.1) is 27.8 Å². The summed E-state index contributed by atoms with van der Waals surface area (Å²) in [5.74, 6) is -0.592. The van der Waals surface area contributed by atoms with Crippen molar-refractivity contribution in [2.75, 3.05) is 6.54 Å². The van der Waals surface area contributed by atoms with Crippen LogP contribution in [0.5, 0.6) is 11.5 Å². The number of hydrogen-bond acceptors (Lipinski definition) is 6. The van der Waals surface area contributed by atoms with E-state index in [0.717, 1.165) is 11.1 Å². The average molecular weight is 416 g/mol. The summed E-state index contributed by atoms with van der Waals surface area (Å²) in [6.45, 7) is 0.704. The van der Waals surface area contributed by atoms with E-state index >= 15 is 0 Å². The molecule has 7 heteroatoms. The summed E-state index contributed by atoms with van der Waals surface area (Å²) in [6.07, 6.45) is 0.726. The smallest absolute Gasteiger partial charge is 0.336 e. The van der Waals surface area contributed by atoms with E-state index in [1.54, 1.807) is 24.3 Å². The highest BCUT2D eigenvalue weighted by Crippen LogP contribution is 2.67. The summed E-state index contributed by atoms with van der Waals surface area (Å²) in [7, 11) is 0. The van der Waals surface area contributed by atoms with Gasteiger partial charge in [0.2, 0.25) is 0 Å². The van der Waals surface area contributed by atoms with Gasteiger partial charge in [-0.05, 0) is 42.6 Å². The molecular weight excluding hydrogens is 396 g/mol. The number of para-hydroxylation sites is 1. The molecule has 7 nitrogen and oxygen atoms in total. The number of aliphatic hydroxyl groups is 1. The third-order valence-corrected chi connectivity index (χ3v) is 7.97. The van der Waals surface area contributed by atoms with Crippen LogP contribution < -0.4 is 10.1 Å². The van der Waals surface area contributed by atoms with Gasteiger partial charge in [-0.1, -0.05) is 24.3 Å². The van der Waals surface area contributed by atoms with Crippen molar-refractivity contribution < 1.29 is 24.9 Å². The molecule has 2 aliphatic carbocycles. The predicted molar refractivity (Wildman–Crippen MR) is 111 cm³/mol. The minimum absolute atomic E-state index is 0.0441. The van der Waals surface area contributed by atoms with Gasteiger partial charge in [0.1, 0.15) is 0 Å². The first kappa shape index (κ1) is 17.5. The Morgan fingerprint density at radius 2 is 2.06 bits per heavy atom. The molecule has 156 valence electrons. The van der Waals surface area contributed by atoms with E-state index in [-0.39, 0.29) is 23.8 Å². The molecule has 7 rings (SSSR count). The molecule has 2 bridgehead atoms. The van der Waals surface area contributed by atoms with E-state index in [1.807, 2.05) is 12.1 Å². The lowest BCUT2D eigenvalue weighted by molar-refractivity contribution is -0.134. The number of carboxylic acid groups (broad SMARTS) is 1. The lowest BCUT2D eigenvalue weighted by atomic mass is 9.49. The average Bonchev–Trinajstić information content (AvgIpc) is 3.08. The van der Waals surface area contributed by atoms with E-state index in [2.05, 4.69) is 5.32 Å². The number of aromatic carboxylic acids is 1. The van der Waals surface area contributed by atoms with Gasteiger partial charge < -0.3 is 25.4 Å². The first-order chi connectivity index (χ1) is 15.0. The summed E-state index contributed by atoms with van der Waals surface area (Å²) in [5, 5.41) is 37.1. The van der Waals surface area contributed by atoms with Crippen molar-refractivity contribution in [1.82, 2.24) is 10.3 Å². The Labute approximate surface area is 177 Å². The zero-order chi connectivity index (χ0) is 21.1. The molecule has 1 spiro atoms. The molecule has 31 heavy (non-hydrogen) atoms. The van der Waals surface area contributed by atoms with Crippen LogP contribution in [0.3, 0.4) is 0 Å². The molecular formula is C24H20N2O5. The van der Waals surface area contributed by atoms with Crippen LogP contribution in [0.15, 0.2) is 36.4 Å². The van der Waals surface area contributed by atoms with Crippen molar-refractivity contribution in [3.05, 3.63) is 64.3 Å².